The monoisotopic (exact) mass is 303 g/mol. The number of aryl methyl sites for hydroxylation is 1. The predicted octanol–water partition coefficient (Wildman–Crippen LogP) is 1.35. The van der Waals surface area contributed by atoms with Crippen LogP contribution in [-0.4, -0.2) is 26.5 Å². The predicted molar refractivity (Wildman–Crippen MR) is 77.8 cm³/mol. The Bertz CT molecular complexity index is 525. The Balaban J connectivity index is 2.10. The second kappa shape index (κ2) is 6.30. The van der Waals surface area contributed by atoms with E-state index >= 15 is 0 Å². The lowest BCUT2D eigenvalue weighted by atomic mass is 9.91. The molecule has 0 bridgehead atoms. The average Bonchev–Trinajstić information content (AvgIpc) is 2.69. The first-order valence-electron chi connectivity index (χ1n) is 6.69. The quantitative estimate of drug-likeness (QED) is 0.777. The summed E-state index contributed by atoms with van der Waals surface area (Å²) in [6.45, 7) is 4.09. The molecule has 0 radical (unpaired) electrons. The highest BCUT2D eigenvalue weighted by atomic mass is 32.2. The summed E-state index contributed by atoms with van der Waals surface area (Å²) < 4.78 is 22.3. The lowest BCUT2D eigenvalue weighted by Crippen LogP contribution is -2.25. The van der Waals surface area contributed by atoms with Crippen LogP contribution in [0.25, 0.3) is 0 Å². The van der Waals surface area contributed by atoms with Crippen molar-refractivity contribution in [2.75, 3.05) is 13.1 Å². The maximum absolute atomic E-state index is 11.1. The van der Waals surface area contributed by atoms with Gasteiger partial charge >= 0.3 is 0 Å². The van der Waals surface area contributed by atoms with E-state index in [-0.39, 0.29) is 5.75 Å². The zero-order valence-corrected chi connectivity index (χ0v) is 12.8. The summed E-state index contributed by atoms with van der Waals surface area (Å²) >= 11 is 1.51. The van der Waals surface area contributed by atoms with Crippen molar-refractivity contribution in [3.05, 3.63) is 15.6 Å². The summed E-state index contributed by atoms with van der Waals surface area (Å²) in [5, 5.41) is 9.14. The number of hydrogen-bond acceptors (Lipinski definition) is 5. The van der Waals surface area contributed by atoms with Crippen LogP contribution in [-0.2, 0) is 22.2 Å². The zero-order valence-electron chi connectivity index (χ0n) is 11.2. The summed E-state index contributed by atoms with van der Waals surface area (Å²) in [6, 6.07) is 0. The fraction of sp³-hybridized carbons (Fsp3) is 0.750. The first-order chi connectivity index (χ1) is 8.99. The van der Waals surface area contributed by atoms with E-state index in [0.29, 0.717) is 10.9 Å². The lowest BCUT2D eigenvalue weighted by molar-refractivity contribution is 0.501. The molecule has 0 amide bonds. The maximum atomic E-state index is 11.1. The third-order valence-electron chi connectivity index (χ3n) is 3.26. The normalized spacial score (nSPS) is 19.4. The number of fused-ring (bicyclic) bond motifs is 1. The molecule has 1 atom stereocenters. The number of sulfonamides is 1. The summed E-state index contributed by atoms with van der Waals surface area (Å²) in [5.74, 6) is 0.278. The van der Waals surface area contributed by atoms with Crippen LogP contribution in [0.2, 0.25) is 0 Å². The zero-order chi connectivity index (χ0) is 13.9. The van der Waals surface area contributed by atoms with Crippen LogP contribution in [0.5, 0.6) is 0 Å². The van der Waals surface area contributed by atoms with Crippen LogP contribution >= 0.6 is 11.3 Å². The van der Waals surface area contributed by atoms with Crippen molar-refractivity contribution in [2.45, 2.75) is 44.3 Å². The Hall–Kier alpha value is -0.500. The molecule has 7 heteroatoms. The molecule has 0 spiro atoms. The summed E-state index contributed by atoms with van der Waals surface area (Å²) in [6.07, 6.45) is 4.42. The van der Waals surface area contributed by atoms with Crippen LogP contribution in [0.15, 0.2) is 0 Å². The molecular weight excluding hydrogens is 282 g/mol. The summed E-state index contributed by atoms with van der Waals surface area (Å²) in [4.78, 5) is 5.76. The minimum atomic E-state index is -3.48. The van der Waals surface area contributed by atoms with E-state index < -0.39 is 10.0 Å². The largest absolute Gasteiger partial charge is 0.316 e. The SMILES string of the molecule is CCCNCC1CCCc2sc(CS(N)(=O)=O)nc21. The fourth-order valence-corrected chi connectivity index (χ4v) is 4.57. The molecule has 19 heavy (non-hydrogen) atoms. The molecule has 0 saturated heterocycles. The van der Waals surface area contributed by atoms with Crippen molar-refractivity contribution >= 4 is 21.4 Å². The van der Waals surface area contributed by atoms with Gasteiger partial charge in [0.2, 0.25) is 10.0 Å². The van der Waals surface area contributed by atoms with Crippen LogP contribution < -0.4 is 10.5 Å². The molecular formula is C12H21N3O2S2. The highest BCUT2D eigenvalue weighted by molar-refractivity contribution is 7.88. The number of nitrogens with zero attached hydrogens (tertiary/aromatic N) is 1. The van der Waals surface area contributed by atoms with E-state index in [1.54, 1.807) is 0 Å². The Labute approximate surface area is 118 Å². The van der Waals surface area contributed by atoms with Gasteiger partial charge in [0.15, 0.2) is 0 Å². The molecule has 0 saturated carbocycles. The van der Waals surface area contributed by atoms with Gasteiger partial charge in [0.05, 0.1) is 5.69 Å². The number of thiazole rings is 1. The van der Waals surface area contributed by atoms with Crippen molar-refractivity contribution in [1.29, 1.82) is 0 Å². The Kier molecular flexibility index (Phi) is 4.94. The van der Waals surface area contributed by atoms with Crippen molar-refractivity contribution in [2.24, 2.45) is 5.14 Å². The third-order valence-corrected chi connectivity index (χ3v) is 5.25. The number of primary sulfonamides is 1. The summed E-state index contributed by atoms with van der Waals surface area (Å²) in [7, 11) is -3.48. The molecule has 0 aromatic carbocycles. The van der Waals surface area contributed by atoms with Crippen molar-refractivity contribution in [1.82, 2.24) is 10.3 Å². The molecule has 1 unspecified atom stereocenters. The minimum absolute atomic E-state index is 0.139. The number of rotatable bonds is 6. The highest BCUT2D eigenvalue weighted by Crippen LogP contribution is 2.34. The third kappa shape index (κ3) is 4.24. The Morgan fingerprint density at radius 2 is 2.32 bits per heavy atom. The van der Waals surface area contributed by atoms with Crippen LogP contribution in [0.3, 0.4) is 0 Å². The molecule has 3 N–H and O–H groups in total. The number of nitrogens with two attached hydrogens (primary N) is 1. The molecule has 108 valence electrons. The van der Waals surface area contributed by atoms with Gasteiger partial charge in [0, 0.05) is 17.3 Å². The first kappa shape index (κ1) is 14.9. The van der Waals surface area contributed by atoms with E-state index in [0.717, 1.165) is 44.5 Å². The van der Waals surface area contributed by atoms with Gasteiger partial charge in [0.1, 0.15) is 10.8 Å². The second-order valence-corrected chi connectivity index (χ2v) is 7.80. The van der Waals surface area contributed by atoms with Crippen LogP contribution in [0.4, 0.5) is 0 Å². The van der Waals surface area contributed by atoms with Gasteiger partial charge in [-0.15, -0.1) is 11.3 Å². The molecule has 0 aliphatic heterocycles. The first-order valence-corrected chi connectivity index (χ1v) is 9.22. The van der Waals surface area contributed by atoms with Gasteiger partial charge in [0.25, 0.3) is 0 Å². The van der Waals surface area contributed by atoms with E-state index in [1.165, 1.54) is 16.2 Å². The van der Waals surface area contributed by atoms with E-state index in [2.05, 4.69) is 17.2 Å². The summed E-state index contributed by atoms with van der Waals surface area (Å²) in [5.41, 5.74) is 1.10. The van der Waals surface area contributed by atoms with Crippen LogP contribution in [0.1, 0.15) is 47.7 Å². The van der Waals surface area contributed by atoms with Crippen molar-refractivity contribution in [3.63, 3.8) is 0 Å². The minimum Gasteiger partial charge on any atom is -0.316 e. The molecule has 5 nitrogen and oxygen atoms in total. The van der Waals surface area contributed by atoms with Gasteiger partial charge in [-0.2, -0.15) is 0 Å². The lowest BCUT2D eigenvalue weighted by Gasteiger charge is -2.21. The van der Waals surface area contributed by atoms with E-state index in [9.17, 15) is 8.42 Å². The topological polar surface area (TPSA) is 85.1 Å². The standard InChI is InChI=1S/C12H21N3O2S2/c1-2-6-14-7-9-4-3-5-10-12(9)15-11(18-10)8-19(13,16)17/h9,14H,2-8H2,1H3,(H2,13,16,17). The number of aromatic nitrogens is 1. The molecule has 1 aliphatic rings. The van der Waals surface area contributed by atoms with Crippen molar-refractivity contribution < 1.29 is 8.42 Å². The molecule has 2 rings (SSSR count). The van der Waals surface area contributed by atoms with Gasteiger partial charge in [-0.05, 0) is 32.2 Å². The molecule has 1 aromatic rings. The molecule has 0 fully saturated rings. The van der Waals surface area contributed by atoms with E-state index in [4.69, 9.17) is 5.14 Å². The smallest absolute Gasteiger partial charge is 0.215 e. The fourth-order valence-electron chi connectivity index (χ4n) is 2.44. The molecule has 1 aromatic heterocycles. The van der Waals surface area contributed by atoms with Gasteiger partial charge in [-0.1, -0.05) is 6.92 Å². The average molecular weight is 303 g/mol. The Morgan fingerprint density at radius 1 is 1.53 bits per heavy atom. The van der Waals surface area contributed by atoms with E-state index in [1.807, 2.05) is 0 Å². The molecule has 1 aliphatic carbocycles. The number of nitrogens with one attached hydrogen (secondary N) is 1. The van der Waals surface area contributed by atoms with Gasteiger partial charge in [-0.3, -0.25) is 0 Å². The maximum Gasteiger partial charge on any atom is 0.215 e. The van der Waals surface area contributed by atoms with Gasteiger partial charge in [-0.25, -0.2) is 18.5 Å². The number of hydrogen-bond donors (Lipinski definition) is 2. The van der Waals surface area contributed by atoms with Crippen molar-refractivity contribution in [3.8, 4) is 0 Å². The highest BCUT2D eigenvalue weighted by Gasteiger charge is 2.25. The Morgan fingerprint density at radius 3 is 3.00 bits per heavy atom. The van der Waals surface area contributed by atoms with Gasteiger partial charge < -0.3 is 5.32 Å². The molecule has 1 heterocycles. The second-order valence-electron chi connectivity index (χ2n) is 5.02. The van der Waals surface area contributed by atoms with Crippen LogP contribution in [0, 0.1) is 0 Å².